The molecule has 1 aromatic carbocycles. The molecule has 80 valence electrons. The second kappa shape index (κ2) is 4.64. The second-order valence-electron chi connectivity index (χ2n) is 3.53. The molecule has 1 unspecified atom stereocenters. The van der Waals surface area contributed by atoms with Gasteiger partial charge in [0.25, 0.3) is 0 Å². The third kappa shape index (κ3) is 2.70. The number of ether oxygens (including phenoxy) is 1. The summed E-state index contributed by atoms with van der Waals surface area (Å²) in [6.07, 6.45) is 1.87. The summed E-state index contributed by atoms with van der Waals surface area (Å²) >= 11 is 5.78. The van der Waals surface area contributed by atoms with Gasteiger partial charge >= 0.3 is 5.97 Å². The van der Waals surface area contributed by atoms with Crippen molar-refractivity contribution in [1.29, 1.82) is 0 Å². The Morgan fingerprint density at radius 3 is 3.07 bits per heavy atom. The van der Waals surface area contributed by atoms with Gasteiger partial charge in [-0.15, -0.1) is 0 Å². The van der Waals surface area contributed by atoms with Gasteiger partial charge in [-0.1, -0.05) is 17.7 Å². The summed E-state index contributed by atoms with van der Waals surface area (Å²) in [7, 11) is 0. The fourth-order valence-corrected chi connectivity index (χ4v) is 1.78. The largest absolute Gasteiger partial charge is 0.425 e. The first kappa shape index (κ1) is 10.5. The number of benzene rings is 1. The lowest BCUT2D eigenvalue weighted by atomic mass is 10.2. The van der Waals surface area contributed by atoms with Gasteiger partial charge in [-0.2, -0.15) is 0 Å². The zero-order valence-corrected chi connectivity index (χ0v) is 8.96. The van der Waals surface area contributed by atoms with E-state index in [2.05, 4.69) is 5.32 Å². The van der Waals surface area contributed by atoms with E-state index in [1.165, 1.54) is 0 Å². The first-order valence-corrected chi connectivity index (χ1v) is 5.34. The summed E-state index contributed by atoms with van der Waals surface area (Å²) in [6.45, 7) is 0.884. The van der Waals surface area contributed by atoms with Crippen LogP contribution >= 0.6 is 11.6 Å². The molecule has 1 aliphatic rings. The Morgan fingerprint density at radius 2 is 2.40 bits per heavy atom. The molecule has 0 bridgehead atoms. The molecule has 1 heterocycles. The second-order valence-corrected chi connectivity index (χ2v) is 3.96. The number of halogens is 1. The molecule has 3 nitrogen and oxygen atoms in total. The molecule has 0 aromatic heterocycles. The van der Waals surface area contributed by atoms with Crippen LogP contribution in [-0.4, -0.2) is 18.6 Å². The molecular formula is C11H12ClNO2. The van der Waals surface area contributed by atoms with E-state index in [9.17, 15) is 4.79 Å². The Bertz CT molecular complexity index is 361. The van der Waals surface area contributed by atoms with Crippen molar-refractivity contribution < 1.29 is 9.53 Å². The molecule has 2 rings (SSSR count). The van der Waals surface area contributed by atoms with Crippen molar-refractivity contribution in [3.05, 3.63) is 29.3 Å². The Labute approximate surface area is 93.4 Å². The maximum atomic E-state index is 11.6. The summed E-state index contributed by atoms with van der Waals surface area (Å²) in [5.41, 5.74) is 0. The maximum absolute atomic E-state index is 11.6. The molecule has 4 heteroatoms. The number of esters is 1. The summed E-state index contributed by atoms with van der Waals surface area (Å²) in [5, 5.41) is 3.65. The fourth-order valence-electron chi connectivity index (χ4n) is 1.60. The third-order valence-corrected chi connectivity index (χ3v) is 2.59. The zero-order valence-electron chi connectivity index (χ0n) is 8.20. The van der Waals surface area contributed by atoms with Gasteiger partial charge < -0.3 is 10.1 Å². The van der Waals surface area contributed by atoms with Crippen molar-refractivity contribution in [3.8, 4) is 5.75 Å². The molecule has 0 spiro atoms. The first-order chi connectivity index (χ1) is 7.25. The molecule has 15 heavy (non-hydrogen) atoms. The number of carbonyl (C=O) groups is 1. The minimum atomic E-state index is -0.227. The molecule has 1 fully saturated rings. The monoisotopic (exact) mass is 225 g/mol. The van der Waals surface area contributed by atoms with Crippen molar-refractivity contribution in [2.24, 2.45) is 0 Å². The average molecular weight is 226 g/mol. The quantitative estimate of drug-likeness (QED) is 0.618. The molecule has 0 saturated carbocycles. The Hall–Kier alpha value is -1.06. The van der Waals surface area contributed by atoms with Crippen LogP contribution in [0.25, 0.3) is 0 Å². The van der Waals surface area contributed by atoms with Crippen LogP contribution in [0.3, 0.4) is 0 Å². The predicted octanol–water partition coefficient (Wildman–Crippen LogP) is 2.00. The highest BCUT2D eigenvalue weighted by molar-refractivity contribution is 6.30. The summed E-state index contributed by atoms with van der Waals surface area (Å²) < 4.78 is 5.19. The molecule has 1 N–H and O–H groups in total. The topological polar surface area (TPSA) is 38.3 Å². The maximum Gasteiger partial charge on any atom is 0.328 e. The lowest BCUT2D eigenvalue weighted by Crippen LogP contribution is -2.34. The fraction of sp³-hybridized carbons (Fsp3) is 0.364. The molecular weight excluding hydrogens is 214 g/mol. The van der Waals surface area contributed by atoms with Crippen LogP contribution in [0.2, 0.25) is 5.02 Å². The number of hydrogen-bond donors (Lipinski definition) is 1. The van der Waals surface area contributed by atoms with Crippen molar-refractivity contribution in [2.75, 3.05) is 6.54 Å². The van der Waals surface area contributed by atoms with Gasteiger partial charge in [-0.25, -0.2) is 4.79 Å². The van der Waals surface area contributed by atoms with Crippen LogP contribution in [0, 0.1) is 0 Å². The Balaban J connectivity index is 1.99. The Kier molecular flexibility index (Phi) is 3.23. The van der Waals surface area contributed by atoms with E-state index >= 15 is 0 Å². The smallest absolute Gasteiger partial charge is 0.328 e. The van der Waals surface area contributed by atoms with Crippen LogP contribution in [0.4, 0.5) is 0 Å². The summed E-state index contributed by atoms with van der Waals surface area (Å²) in [5.74, 6) is 0.274. The van der Waals surface area contributed by atoms with Gasteiger partial charge in [0, 0.05) is 5.02 Å². The normalized spacial score (nSPS) is 20.2. The first-order valence-electron chi connectivity index (χ1n) is 4.96. The number of hydrogen-bond acceptors (Lipinski definition) is 3. The van der Waals surface area contributed by atoms with E-state index in [1.54, 1.807) is 24.3 Å². The minimum Gasteiger partial charge on any atom is -0.425 e. The van der Waals surface area contributed by atoms with E-state index in [-0.39, 0.29) is 12.0 Å². The van der Waals surface area contributed by atoms with Gasteiger partial charge in [0.15, 0.2) is 0 Å². The molecule has 1 atom stereocenters. The van der Waals surface area contributed by atoms with Crippen molar-refractivity contribution in [3.63, 3.8) is 0 Å². The van der Waals surface area contributed by atoms with E-state index in [0.717, 1.165) is 19.4 Å². The summed E-state index contributed by atoms with van der Waals surface area (Å²) in [4.78, 5) is 11.6. The highest BCUT2D eigenvalue weighted by Gasteiger charge is 2.23. The number of rotatable bonds is 2. The van der Waals surface area contributed by atoms with Crippen LogP contribution in [0.1, 0.15) is 12.8 Å². The highest BCUT2D eigenvalue weighted by Crippen LogP contribution is 2.18. The van der Waals surface area contributed by atoms with E-state index < -0.39 is 0 Å². The SMILES string of the molecule is O=C(Oc1cccc(Cl)c1)C1CCCN1. The van der Waals surface area contributed by atoms with Gasteiger partial charge in [-0.3, -0.25) is 0 Å². The van der Waals surface area contributed by atoms with Crippen molar-refractivity contribution in [1.82, 2.24) is 5.32 Å². The molecule has 1 aromatic rings. The van der Waals surface area contributed by atoms with Gasteiger partial charge in [0.2, 0.25) is 0 Å². The molecule has 0 amide bonds. The molecule has 1 aliphatic heterocycles. The number of carbonyl (C=O) groups excluding carboxylic acids is 1. The van der Waals surface area contributed by atoms with E-state index in [4.69, 9.17) is 16.3 Å². The molecule has 1 saturated heterocycles. The summed E-state index contributed by atoms with van der Waals surface area (Å²) in [6, 6.07) is 6.69. The molecule has 0 aliphatic carbocycles. The van der Waals surface area contributed by atoms with Crippen LogP contribution in [0.5, 0.6) is 5.75 Å². The lowest BCUT2D eigenvalue weighted by molar-refractivity contribution is -0.136. The van der Waals surface area contributed by atoms with Crippen LogP contribution in [0.15, 0.2) is 24.3 Å². The van der Waals surface area contributed by atoms with Crippen LogP contribution < -0.4 is 10.1 Å². The van der Waals surface area contributed by atoms with Gasteiger partial charge in [-0.05, 0) is 37.6 Å². The van der Waals surface area contributed by atoms with Crippen LogP contribution in [-0.2, 0) is 4.79 Å². The number of nitrogens with one attached hydrogen (secondary N) is 1. The van der Waals surface area contributed by atoms with E-state index in [0.29, 0.717) is 10.8 Å². The average Bonchev–Trinajstić information content (AvgIpc) is 2.70. The lowest BCUT2D eigenvalue weighted by Gasteiger charge is -2.09. The van der Waals surface area contributed by atoms with Gasteiger partial charge in [0.05, 0.1) is 0 Å². The van der Waals surface area contributed by atoms with E-state index in [1.807, 2.05) is 0 Å². The standard InChI is InChI=1S/C11H12ClNO2/c12-8-3-1-4-9(7-8)15-11(14)10-5-2-6-13-10/h1,3-4,7,10,13H,2,5-6H2. The zero-order chi connectivity index (χ0) is 10.7. The van der Waals surface area contributed by atoms with Crippen molar-refractivity contribution >= 4 is 17.6 Å². The predicted molar refractivity (Wildman–Crippen MR) is 58.1 cm³/mol. The third-order valence-electron chi connectivity index (χ3n) is 2.36. The molecule has 0 radical (unpaired) electrons. The van der Waals surface area contributed by atoms with Gasteiger partial charge in [0.1, 0.15) is 11.8 Å². The van der Waals surface area contributed by atoms with Crippen molar-refractivity contribution in [2.45, 2.75) is 18.9 Å². The highest BCUT2D eigenvalue weighted by atomic mass is 35.5. The minimum absolute atomic E-state index is 0.163. The Morgan fingerprint density at radius 1 is 1.53 bits per heavy atom.